The van der Waals surface area contributed by atoms with Crippen LogP contribution in [0.25, 0.3) is 10.2 Å². The molecule has 2 saturated heterocycles. The van der Waals surface area contributed by atoms with Crippen LogP contribution in [-0.2, 0) is 14.3 Å². The molecule has 1 aromatic carbocycles. The van der Waals surface area contributed by atoms with E-state index in [0.29, 0.717) is 19.3 Å². The summed E-state index contributed by atoms with van der Waals surface area (Å²) in [6.07, 6.45) is 6.84. The summed E-state index contributed by atoms with van der Waals surface area (Å²) in [5.41, 5.74) is 0.301. The van der Waals surface area contributed by atoms with Gasteiger partial charge >= 0.3 is 0 Å². The lowest BCUT2D eigenvalue weighted by Crippen LogP contribution is -2.47. The largest absolute Gasteiger partial charge is 0.392 e. The number of rotatable bonds is 3. The number of carbonyl (C=O) groups is 2. The number of aryl methyl sites for hydroxylation is 1. The van der Waals surface area contributed by atoms with Crippen LogP contribution in [0, 0.1) is 36.5 Å². The standard InChI is InChI=1S/C31H42N2O5S/c1-7-8-11-21-28(36)18(2)10-9-14-31(6)26(38-31)16-22(20-12-13-24-23(15-20)32-19(3)39-24)33-27(35)17-25(34)30(4,5)29(21)37/h1,12-13,15,18,21-22,25-26,28,34,36H,8-11,14,16-17H2,2-6H3,(H,33,35). The summed E-state index contributed by atoms with van der Waals surface area (Å²) in [5, 5.41) is 26.5. The molecule has 2 aliphatic rings. The van der Waals surface area contributed by atoms with E-state index in [1.165, 1.54) is 0 Å². The topological polar surface area (TPSA) is 112 Å². The number of carbonyl (C=O) groups excluding carboxylic acids is 2. The number of aliphatic hydroxyl groups excluding tert-OH is 2. The number of ketones is 1. The lowest BCUT2D eigenvalue weighted by Gasteiger charge is -2.36. The Morgan fingerprint density at radius 1 is 1.26 bits per heavy atom. The van der Waals surface area contributed by atoms with Crippen LogP contribution in [0.4, 0.5) is 0 Å². The number of ether oxygens (including phenoxy) is 1. The minimum Gasteiger partial charge on any atom is -0.392 e. The summed E-state index contributed by atoms with van der Waals surface area (Å²) in [7, 11) is 0. The lowest BCUT2D eigenvalue weighted by atomic mass is 9.71. The number of epoxide rings is 1. The van der Waals surface area contributed by atoms with Crippen molar-refractivity contribution < 1.29 is 24.5 Å². The Labute approximate surface area is 235 Å². The number of Topliss-reactive ketones (excluding diaryl/α,β-unsaturated/α-hetero) is 1. The summed E-state index contributed by atoms with van der Waals surface area (Å²) in [5.74, 6) is 1.14. The quantitative estimate of drug-likeness (QED) is 0.369. The van der Waals surface area contributed by atoms with E-state index >= 15 is 0 Å². The van der Waals surface area contributed by atoms with Crippen LogP contribution < -0.4 is 5.32 Å². The van der Waals surface area contributed by atoms with E-state index in [0.717, 1.165) is 40.1 Å². The number of aliphatic hydroxyl groups is 2. The molecule has 8 heteroatoms. The SMILES string of the molecule is C#CCCC1C(=O)C(C)(C)C(O)CC(=O)NC(c2ccc3sc(C)nc3c2)CC2OC2(C)CCCC(C)C1O. The van der Waals surface area contributed by atoms with Crippen molar-refractivity contribution in [1.82, 2.24) is 10.3 Å². The molecule has 0 aliphatic carbocycles. The van der Waals surface area contributed by atoms with E-state index in [1.54, 1.807) is 25.2 Å². The highest BCUT2D eigenvalue weighted by Crippen LogP contribution is 2.46. The van der Waals surface area contributed by atoms with E-state index in [4.69, 9.17) is 11.2 Å². The van der Waals surface area contributed by atoms with E-state index in [2.05, 4.69) is 23.1 Å². The van der Waals surface area contributed by atoms with Gasteiger partial charge in [-0.1, -0.05) is 33.3 Å². The number of amides is 1. The highest BCUT2D eigenvalue weighted by atomic mass is 32.1. The van der Waals surface area contributed by atoms with Crippen LogP contribution in [0.1, 0.15) is 89.3 Å². The van der Waals surface area contributed by atoms with Crippen molar-refractivity contribution in [1.29, 1.82) is 0 Å². The molecule has 2 fully saturated rings. The summed E-state index contributed by atoms with van der Waals surface area (Å²) in [6.45, 7) is 9.33. The molecule has 2 aromatic rings. The molecular formula is C31H42N2O5S. The van der Waals surface area contributed by atoms with E-state index in [-0.39, 0.29) is 41.8 Å². The van der Waals surface area contributed by atoms with E-state index in [9.17, 15) is 19.8 Å². The zero-order chi connectivity index (χ0) is 28.5. The Morgan fingerprint density at radius 3 is 2.72 bits per heavy atom. The number of nitrogens with zero attached hydrogens (tertiary/aromatic N) is 1. The van der Waals surface area contributed by atoms with Crippen molar-refractivity contribution in [2.45, 2.75) is 110 Å². The number of aromatic nitrogens is 1. The molecule has 212 valence electrons. The number of benzene rings is 1. The zero-order valence-corrected chi connectivity index (χ0v) is 24.5. The van der Waals surface area contributed by atoms with Gasteiger partial charge in [0.15, 0.2) is 0 Å². The molecule has 4 rings (SSSR count). The highest BCUT2D eigenvalue weighted by molar-refractivity contribution is 7.18. The molecule has 7 nitrogen and oxygen atoms in total. The average Bonchev–Trinajstić information content (AvgIpc) is 3.34. The molecule has 3 N–H and O–H groups in total. The Hall–Kier alpha value is -2.31. The number of hydrogen-bond donors (Lipinski definition) is 3. The van der Waals surface area contributed by atoms with Crippen molar-refractivity contribution in [3.63, 3.8) is 0 Å². The molecule has 0 spiro atoms. The highest BCUT2D eigenvalue weighted by Gasteiger charge is 2.52. The third-order valence-corrected chi connectivity index (χ3v) is 9.80. The van der Waals surface area contributed by atoms with Gasteiger partial charge in [-0.05, 0) is 56.7 Å². The third kappa shape index (κ3) is 6.54. The molecule has 7 atom stereocenters. The fraction of sp³-hybridized carbons (Fsp3) is 0.645. The number of nitrogens with one attached hydrogen (secondary N) is 1. The van der Waals surface area contributed by atoms with Crippen molar-refractivity contribution in [2.75, 3.05) is 0 Å². The van der Waals surface area contributed by atoms with Gasteiger partial charge in [-0.15, -0.1) is 23.7 Å². The Kier molecular flexibility index (Phi) is 8.87. The van der Waals surface area contributed by atoms with Gasteiger partial charge in [-0.3, -0.25) is 9.59 Å². The summed E-state index contributed by atoms with van der Waals surface area (Å²) in [6, 6.07) is 5.75. The number of fused-ring (bicyclic) bond motifs is 2. The zero-order valence-electron chi connectivity index (χ0n) is 23.7. The van der Waals surface area contributed by atoms with E-state index in [1.807, 2.05) is 32.0 Å². The van der Waals surface area contributed by atoms with Crippen molar-refractivity contribution in [2.24, 2.45) is 17.3 Å². The Morgan fingerprint density at radius 2 is 2.00 bits per heavy atom. The van der Waals surface area contributed by atoms with Crippen molar-refractivity contribution >= 4 is 33.2 Å². The minimum absolute atomic E-state index is 0.0184. The van der Waals surface area contributed by atoms with E-state index < -0.39 is 23.5 Å². The third-order valence-electron chi connectivity index (χ3n) is 8.85. The maximum atomic E-state index is 13.7. The first-order valence-corrected chi connectivity index (χ1v) is 14.9. The molecule has 7 unspecified atom stereocenters. The van der Waals surface area contributed by atoms with Gasteiger partial charge in [0.1, 0.15) is 5.78 Å². The molecule has 2 aliphatic heterocycles. The predicted octanol–water partition coefficient (Wildman–Crippen LogP) is 4.87. The van der Waals surface area contributed by atoms with Crippen LogP contribution in [0.5, 0.6) is 0 Å². The predicted molar refractivity (Wildman–Crippen MR) is 153 cm³/mol. The van der Waals surface area contributed by atoms with Crippen LogP contribution in [-0.4, -0.2) is 50.8 Å². The minimum atomic E-state index is -1.24. The second-order valence-corrected chi connectivity index (χ2v) is 13.5. The van der Waals surface area contributed by atoms with Gasteiger partial charge in [0, 0.05) is 18.8 Å². The van der Waals surface area contributed by atoms with Gasteiger partial charge in [-0.25, -0.2) is 4.98 Å². The van der Waals surface area contributed by atoms with Gasteiger partial charge in [0.25, 0.3) is 0 Å². The average molecular weight is 555 g/mol. The molecular weight excluding hydrogens is 512 g/mol. The van der Waals surface area contributed by atoms with Gasteiger partial charge in [0.05, 0.1) is 57.0 Å². The van der Waals surface area contributed by atoms with Gasteiger partial charge in [-0.2, -0.15) is 0 Å². The first kappa shape index (κ1) is 29.7. The van der Waals surface area contributed by atoms with Crippen LogP contribution in [0.3, 0.4) is 0 Å². The first-order valence-electron chi connectivity index (χ1n) is 14.0. The Balaban J connectivity index is 1.63. The summed E-state index contributed by atoms with van der Waals surface area (Å²) >= 11 is 1.63. The maximum absolute atomic E-state index is 13.7. The lowest BCUT2D eigenvalue weighted by molar-refractivity contribution is -0.144. The van der Waals surface area contributed by atoms with Crippen molar-refractivity contribution in [3.8, 4) is 12.3 Å². The first-order chi connectivity index (χ1) is 18.4. The molecule has 1 aromatic heterocycles. The van der Waals surface area contributed by atoms with Gasteiger partial charge in [0.2, 0.25) is 5.91 Å². The fourth-order valence-corrected chi connectivity index (χ4v) is 6.75. The summed E-state index contributed by atoms with van der Waals surface area (Å²) in [4.78, 5) is 31.6. The molecule has 39 heavy (non-hydrogen) atoms. The molecule has 3 heterocycles. The second kappa shape index (κ2) is 11.7. The number of thiazole rings is 1. The normalized spacial score (nSPS) is 34.2. The van der Waals surface area contributed by atoms with Crippen LogP contribution in [0.2, 0.25) is 0 Å². The number of terminal acetylenes is 1. The maximum Gasteiger partial charge on any atom is 0.223 e. The molecule has 0 bridgehead atoms. The molecule has 0 radical (unpaired) electrons. The Bertz CT molecular complexity index is 1250. The monoisotopic (exact) mass is 554 g/mol. The smallest absolute Gasteiger partial charge is 0.223 e. The van der Waals surface area contributed by atoms with Crippen molar-refractivity contribution in [3.05, 3.63) is 28.8 Å². The van der Waals surface area contributed by atoms with Gasteiger partial charge < -0.3 is 20.3 Å². The van der Waals surface area contributed by atoms with Crippen LogP contribution in [0.15, 0.2) is 18.2 Å². The second-order valence-electron chi connectivity index (χ2n) is 12.3. The molecule has 0 saturated carbocycles. The molecule has 1 amide bonds. The summed E-state index contributed by atoms with van der Waals surface area (Å²) < 4.78 is 7.26. The fourth-order valence-electron chi connectivity index (χ4n) is 5.94. The number of hydrogen-bond acceptors (Lipinski definition) is 7. The van der Waals surface area contributed by atoms with Crippen LogP contribution >= 0.6 is 11.3 Å².